The number of terminal acetylenes is 1. The summed E-state index contributed by atoms with van der Waals surface area (Å²) < 4.78 is 56.1. The normalized spacial score (nSPS) is 11.4. The first-order chi connectivity index (χ1) is 12.8. The number of halogens is 4. The number of hydrogen-bond donors (Lipinski definition) is 0. The predicted molar refractivity (Wildman–Crippen MR) is 98.0 cm³/mol. The Bertz CT molecular complexity index is 1030. The van der Waals surface area contributed by atoms with E-state index in [1.165, 1.54) is 18.2 Å². The van der Waals surface area contributed by atoms with Crippen molar-refractivity contribution >= 4 is 10.8 Å². The van der Waals surface area contributed by atoms with Crippen molar-refractivity contribution in [2.75, 3.05) is 0 Å². The molecule has 0 atom stereocenters. The fourth-order valence-corrected chi connectivity index (χ4v) is 3.07. The van der Waals surface area contributed by atoms with Crippen molar-refractivity contribution in [1.29, 1.82) is 0 Å². The second-order valence-electron chi connectivity index (χ2n) is 6.13. The number of benzene rings is 3. The molecule has 27 heavy (non-hydrogen) atoms. The van der Waals surface area contributed by atoms with Crippen LogP contribution in [0.25, 0.3) is 21.9 Å². The van der Waals surface area contributed by atoms with E-state index in [9.17, 15) is 17.6 Å². The lowest BCUT2D eigenvalue weighted by Crippen LogP contribution is -2.17. The van der Waals surface area contributed by atoms with Crippen LogP contribution >= 0.6 is 0 Å². The van der Waals surface area contributed by atoms with E-state index in [2.05, 4.69) is 10.7 Å². The molecule has 0 fully saturated rings. The van der Waals surface area contributed by atoms with Crippen molar-refractivity contribution < 1.29 is 22.3 Å². The molecule has 0 unspecified atom stereocenters. The Hall–Kier alpha value is -3.00. The molecule has 0 saturated carbocycles. The molecule has 0 bridgehead atoms. The molecule has 0 saturated heterocycles. The second kappa shape index (κ2) is 7.32. The van der Waals surface area contributed by atoms with Gasteiger partial charge < -0.3 is 4.74 Å². The Kier molecular flexibility index (Phi) is 5.09. The van der Waals surface area contributed by atoms with E-state index in [0.29, 0.717) is 21.9 Å². The van der Waals surface area contributed by atoms with Crippen molar-refractivity contribution in [3.05, 3.63) is 65.5 Å². The molecule has 3 aromatic rings. The molecular formula is C22H16F4O. The molecule has 138 valence electrons. The maximum absolute atomic E-state index is 14.5. The van der Waals surface area contributed by atoms with Gasteiger partial charge in [0.15, 0.2) is 0 Å². The average molecular weight is 372 g/mol. The highest BCUT2D eigenvalue weighted by molar-refractivity contribution is 5.93. The molecule has 0 amide bonds. The summed E-state index contributed by atoms with van der Waals surface area (Å²) in [4.78, 5) is 0. The van der Waals surface area contributed by atoms with E-state index in [-0.39, 0.29) is 11.4 Å². The molecule has 0 N–H and O–H groups in total. The minimum atomic E-state index is -4.83. The smallest absolute Gasteiger partial charge is 0.404 e. The number of hydrogen-bond acceptors (Lipinski definition) is 1. The molecule has 3 rings (SSSR count). The zero-order valence-corrected chi connectivity index (χ0v) is 14.5. The van der Waals surface area contributed by atoms with Crippen LogP contribution in [0, 0.1) is 18.2 Å². The third kappa shape index (κ3) is 4.06. The largest absolute Gasteiger partial charge is 0.573 e. The quantitative estimate of drug-likeness (QED) is 0.376. The maximum atomic E-state index is 14.5. The van der Waals surface area contributed by atoms with E-state index in [1.807, 2.05) is 13.0 Å². The molecule has 0 spiro atoms. The van der Waals surface area contributed by atoms with Gasteiger partial charge in [-0.05, 0) is 41.1 Å². The fraction of sp³-hybridized carbons (Fsp3) is 0.182. The Balaban J connectivity index is 2.07. The van der Waals surface area contributed by atoms with Crippen LogP contribution in [0.1, 0.15) is 24.5 Å². The Labute approximate surface area is 154 Å². The van der Waals surface area contributed by atoms with Crippen LogP contribution in [-0.2, 0) is 6.42 Å². The lowest BCUT2D eigenvalue weighted by Gasteiger charge is -2.13. The van der Waals surface area contributed by atoms with Crippen molar-refractivity contribution in [3.63, 3.8) is 0 Å². The van der Waals surface area contributed by atoms with Crippen molar-refractivity contribution in [1.82, 2.24) is 0 Å². The number of fused-ring (bicyclic) bond motifs is 1. The van der Waals surface area contributed by atoms with Gasteiger partial charge in [-0.2, -0.15) is 0 Å². The molecule has 5 heteroatoms. The minimum Gasteiger partial charge on any atom is -0.404 e. The first kappa shape index (κ1) is 18.8. The maximum Gasteiger partial charge on any atom is 0.573 e. The molecule has 0 aliphatic rings. The highest BCUT2D eigenvalue weighted by atomic mass is 19.4. The van der Waals surface area contributed by atoms with Gasteiger partial charge in [0.2, 0.25) is 0 Å². The lowest BCUT2D eigenvalue weighted by molar-refractivity contribution is -0.274. The van der Waals surface area contributed by atoms with Gasteiger partial charge in [0, 0.05) is 10.9 Å². The third-order valence-corrected chi connectivity index (χ3v) is 4.23. The van der Waals surface area contributed by atoms with Crippen molar-refractivity contribution in [3.8, 4) is 29.2 Å². The van der Waals surface area contributed by atoms with Gasteiger partial charge in [-0.15, -0.1) is 19.6 Å². The van der Waals surface area contributed by atoms with E-state index in [4.69, 9.17) is 6.42 Å². The molecule has 0 aromatic heterocycles. The monoisotopic (exact) mass is 372 g/mol. The van der Waals surface area contributed by atoms with Gasteiger partial charge in [-0.3, -0.25) is 0 Å². The van der Waals surface area contributed by atoms with Crippen LogP contribution in [0.5, 0.6) is 5.75 Å². The van der Waals surface area contributed by atoms with Gasteiger partial charge in [0.1, 0.15) is 11.6 Å². The molecule has 0 aliphatic carbocycles. The Morgan fingerprint density at radius 2 is 1.81 bits per heavy atom. The number of ether oxygens (including phenoxy) is 1. The van der Waals surface area contributed by atoms with Crippen LogP contribution < -0.4 is 4.74 Å². The Morgan fingerprint density at radius 1 is 1.04 bits per heavy atom. The first-order valence-electron chi connectivity index (χ1n) is 8.40. The molecular weight excluding hydrogens is 356 g/mol. The summed E-state index contributed by atoms with van der Waals surface area (Å²) in [6, 6.07) is 12.7. The van der Waals surface area contributed by atoms with Gasteiger partial charge in [0.05, 0.1) is 5.56 Å². The summed E-state index contributed by atoms with van der Waals surface area (Å²) in [5.74, 6) is 1.49. The standard InChI is InChI=1S/C22H16F4O/c1-3-5-14-6-9-19(20(23)12-14)16-7-10-18-15(13-16)8-11-21(17(18)4-2)27-22(24,25)26/h2,6-13H,3,5H2,1H3. The van der Waals surface area contributed by atoms with E-state index in [1.54, 1.807) is 24.3 Å². The average Bonchev–Trinajstić information content (AvgIpc) is 2.60. The van der Waals surface area contributed by atoms with Crippen LogP contribution in [0.4, 0.5) is 17.6 Å². The van der Waals surface area contributed by atoms with Gasteiger partial charge >= 0.3 is 6.36 Å². The zero-order valence-electron chi connectivity index (χ0n) is 14.5. The predicted octanol–water partition coefficient (Wildman–Crippen LogP) is 6.48. The van der Waals surface area contributed by atoms with E-state index < -0.39 is 12.1 Å². The number of aryl methyl sites for hydroxylation is 1. The van der Waals surface area contributed by atoms with Gasteiger partial charge in [-0.25, -0.2) is 4.39 Å². The second-order valence-corrected chi connectivity index (χ2v) is 6.13. The van der Waals surface area contributed by atoms with Crippen molar-refractivity contribution in [2.45, 2.75) is 26.1 Å². The topological polar surface area (TPSA) is 9.23 Å². The lowest BCUT2D eigenvalue weighted by atomic mass is 9.96. The molecule has 3 aromatic carbocycles. The molecule has 0 heterocycles. The highest BCUT2D eigenvalue weighted by Crippen LogP contribution is 2.34. The van der Waals surface area contributed by atoms with E-state index >= 15 is 0 Å². The van der Waals surface area contributed by atoms with E-state index in [0.717, 1.165) is 18.4 Å². The number of rotatable bonds is 4. The fourth-order valence-electron chi connectivity index (χ4n) is 3.07. The third-order valence-electron chi connectivity index (χ3n) is 4.23. The molecule has 0 aliphatic heterocycles. The van der Waals surface area contributed by atoms with Gasteiger partial charge in [-0.1, -0.05) is 49.6 Å². The summed E-state index contributed by atoms with van der Waals surface area (Å²) >= 11 is 0. The summed E-state index contributed by atoms with van der Waals surface area (Å²) in [5, 5.41) is 1.04. The summed E-state index contributed by atoms with van der Waals surface area (Å²) in [7, 11) is 0. The Morgan fingerprint density at radius 3 is 2.44 bits per heavy atom. The summed E-state index contributed by atoms with van der Waals surface area (Å²) in [6.45, 7) is 2.02. The SMILES string of the molecule is C#Cc1c(OC(F)(F)F)ccc2cc(-c3ccc(CCC)cc3F)ccc12. The van der Waals surface area contributed by atoms with Crippen molar-refractivity contribution in [2.24, 2.45) is 0 Å². The summed E-state index contributed by atoms with van der Waals surface area (Å²) in [6.07, 6.45) is 2.28. The van der Waals surface area contributed by atoms with Crippen LogP contribution in [0.2, 0.25) is 0 Å². The molecule has 1 nitrogen and oxygen atoms in total. The number of alkyl halides is 3. The highest BCUT2D eigenvalue weighted by Gasteiger charge is 2.32. The summed E-state index contributed by atoms with van der Waals surface area (Å²) in [5.41, 5.74) is 1.98. The van der Waals surface area contributed by atoms with Crippen LogP contribution in [0.15, 0.2) is 48.5 Å². The minimum absolute atomic E-state index is 0.00939. The van der Waals surface area contributed by atoms with Crippen LogP contribution in [0.3, 0.4) is 0 Å². The molecule has 0 radical (unpaired) electrons. The first-order valence-corrected chi connectivity index (χ1v) is 8.40. The zero-order chi connectivity index (χ0) is 19.6. The van der Waals surface area contributed by atoms with Gasteiger partial charge in [0.25, 0.3) is 0 Å². The van der Waals surface area contributed by atoms with Crippen LogP contribution in [-0.4, -0.2) is 6.36 Å².